The van der Waals surface area contributed by atoms with E-state index in [1.165, 1.54) is 18.2 Å². The van der Waals surface area contributed by atoms with Gasteiger partial charge in [0.25, 0.3) is 0 Å². The first-order valence-electron chi connectivity index (χ1n) is 5.23. The first-order valence-corrected chi connectivity index (χ1v) is 6.72. The van der Waals surface area contributed by atoms with Gasteiger partial charge in [0.2, 0.25) is 15.7 Å². The third-order valence-electron chi connectivity index (χ3n) is 2.88. The molecule has 0 spiro atoms. The number of carbonyl (C=O) groups excluding carboxylic acids is 1. The third-order valence-corrected chi connectivity index (χ3v) is 4.92. The summed E-state index contributed by atoms with van der Waals surface area (Å²) in [4.78, 5) is 11.0. The van der Waals surface area contributed by atoms with Gasteiger partial charge in [-0.25, -0.2) is 8.42 Å². The van der Waals surface area contributed by atoms with Crippen LogP contribution < -0.4 is 10.5 Å². The highest BCUT2D eigenvalue weighted by atomic mass is 32.2. The zero-order valence-corrected chi connectivity index (χ0v) is 10.9. The second-order valence-corrected chi connectivity index (χ2v) is 6.50. The van der Waals surface area contributed by atoms with Crippen LogP contribution in [0.1, 0.15) is 24.2 Å². The highest BCUT2D eigenvalue weighted by molar-refractivity contribution is 7.95. The zero-order chi connectivity index (χ0) is 13.7. The third kappa shape index (κ3) is 1.69. The molecule has 1 amide bonds. The molecule has 2 rings (SSSR count). The Kier molecular flexibility index (Phi) is 2.52. The van der Waals surface area contributed by atoms with Crippen LogP contribution in [0.3, 0.4) is 0 Å². The normalized spacial score (nSPS) is 19.8. The maximum Gasteiger partial charge on any atom is 0.248 e. The van der Waals surface area contributed by atoms with E-state index >= 15 is 0 Å². The van der Waals surface area contributed by atoms with Gasteiger partial charge in [-0.05, 0) is 32.0 Å². The molecule has 0 atom stereocenters. The van der Waals surface area contributed by atoms with E-state index in [2.05, 4.69) is 6.58 Å². The monoisotopic (exact) mass is 267 g/mol. The van der Waals surface area contributed by atoms with Crippen LogP contribution in [0.5, 0.6) is 5.75 Å². The Morgan fingerprint density at radius 3 is 2.56 bits per heavy atom. The summed E-state index contributed by atoms with van der Waals surface area (Å²) in [6, 6.07) is 4.08. The van der Waals surface area contributed by atoms with Crippen molar-refractivity contribution in [1.29, 1.82) is 0 Å². The van der Waals surface area contributed by atoms with Gasteiger partial charge in [-0.2, -0.15) is 0 Å². The van der Waals surface area contributed by atoms with Crippen LogP contribution in [-0.4, -0.2) is 19.9 Å². The lowest BCUT2D eigenvalue weighted by Crippen LogP contribution is -2.38. The van der Waals surface area contributed by atoms with E-state index in [-0.39, 0.29) is 21.1 Å². The minimum absolute atomic E-state index is 0.0379. The van der Waals surface area contributed by atoms with Crippen molar-refractivity contribution in [1.82, 2.24) is 0 Å². The number of fused-ring (bicyclic) bond motifs is 1. The minimum Gasteiger partial charge on any atom is -0.481 e. The number of rotatable bonds is 1. The van der Waals surface area contributed by atoms with Crippen LogP contribution in [0.4, 0.5) is 0 Å². The van der Waals surface area contributed by atoms with Gasteiger partial charge >= 0.3 is 0 Å². The Labute approximate surface area is 105 Å². The van der Waals surface area contributed by atoms with E-state index in [4.69, 9.17) is 10.5 Å². The molecule has 0 fully saturated rings. The van der Waals surface area contributed by atoms with Crippen molar-refractivity contribution in [2.24, 2.45) is 5.73 Å². The van der Waals surface area contributed by atoms with Crippen molar-refractivity contribution in [3.05, 3.63) is 35.2 Å². The van der Waals surface area contributed by atoms with Crippen LogP contribution in [-0.2, 0) is 9.84 Å². The molecule has 0 aromatic heterocycles. The van der Waals surface area contributed by atoms with E-state index < -0.39 is 21.3 Å². The highest BCUT2D eigenvalue weighted by Crippen LogP contribution is 2.41. The molecule has 0 bridgehead atoms. The molecule has 0 unspecified atom stereocenters. The maximum absolute atomic E-state index is 12.3. The number of sulfone groups is 1. The van der Waals surface area contributed by atoms with Crippen LogP contribution in [0.25, 0.3) is 0 Å². The molecule has 5 nitrogen and oxygen atoms in total. The lowest BCUT2D eigenvalue weighted by molar-refractivity contribution is 0.1000. The Hall–Kier alpha value is -1.82. The van der Waals surface area contributed by atoms with E-state index in [9.17, 15) is 13.2 Å². The van der Waals surface area contributed by atoms with Gasteiger partial charge in [-0.15, -0.1) is 0 Å². The molecule has 1 aliphatic rings. The first kappa shape index (κ1) is 12.6. The molecular weight excluding hydrogens is 254 g/mol. The van der Waals surface area contributed by atoms with Crippen LogP contribution in [0.2, 0.25) is 0 Å². The molecule has 18 heavy (non-hydrogen) atoms. The smallest absolute Gasteiger partial charge is 0.248 e. The van der Waals surface area contributed by atoms with Gasteiger partial charge in [0.1, 0.15) is 16.2 Å². The molecule has 0 radical (unpaired) electrons. The molecule has 6 heteroatoms. The van der Waals surface area contributed by atoms with Crippen molar-refractivity contribution in [3.63, 3.8) is 0 Å². The number of nitrogens with two attached hydrogens (primary N) is 1. The van der Waals surface area contributed by atoms with Gasteiger partial charge in [0.15, 0.2) is 0 Å². The van der Waals surface area contributed by atoms with E-state index in [0.717, 1.165) is 0 Å². The molecule has 1 aliphatic heterocycles. The highest BCUT2D eigenvalue weighted by Gasteiger charge is 2.41. The summed E-state index contributed by atoms with van der Waals surface area (Å²) >= 11 is 0. The van der Waals surface area contributed by atoms with E-state index in [1.54, 1.807) is 13.8 Å². The number of ether oxygens (including phenoxy) is 1. The van der Waals surface area contributed by atoms with Crippen LogP contribution >= 0.6 is 0 Å². The number of carbonyl (C=O) groups is 1. The maximum atomic E-state index is 12.3. The summed E-state index contributed by atoms with van der Waals surface area (Å²) in [6.07, 6.45) is 0. The number of amides is 1. The Bertz CT molecular complexity index is 659. The number of hydrogen-bond donors (Lipinski definition) is 1. The molecule has 96 valence electrons. The number of hydrogen-bond acceptors (Lipinski definition) is 4. The van der Waals surface area contributed by atoms with E-state index in [0.29, 0.717) is 0 Å². The van der Waals surface area contributed by atoms with Crippen molar-refractivity contribution < 1.29 is 17.9 Å². The van der Waals surface area contributed by atoms with E-state index in [1.807, 2.05) is 0 Å². The van der Waals surface area contributed by atoms with Gasteiger partial charge < -0.3 is 10.5 Å². The standard InChI is InChI=1S/C12H13NO4S/c1-7-12(2,3)17-9-5-4-8(11(13)14)6-10(9)18(7,15)16/h4-6H,1H2,2-3H3,(H2,13,14). The van der Waals surface area contributed by atoms with Crippen LogP contribution in [0, 0.1) is 0 Å². The molecule has 2 N–H and O–H groups in total. The second-order valence-electron chi connectivity index (χ2n) is 4.56. The lowest BCUT2D eigenvalue weighted by Gasteiger charge is -2.34. The average Bonchev–Trinajstić information content (AvgIpc) is 2.26. The first-order chi connectivity index (χ1) is 8.16. The average molecular weight is 267 g/mol. The summed E-state index contributed by atoms with van der Waals surface area (Å²) in [6.45, 7) is 6.81. The summed E-state index contributed by atoms with van der Waals surface area (Å²) in [5.41, 5.74) is 4.25. The predicted molar refractivity (Wildman–Crippen MR) is 66.0 cm³/mol. The topological polar surface area (TPSA) is 86.5 Å². The van der Waals surface area contributed by atoms with Gasteiger partial charge in [0, 0.05) is 5.56 Å². The fourth-order valence-corrected chi connectivity index (χ4v) is 3.35. The lowest BCUT2D eigenvalue weighted by atomic mass is 10.1. The minimum atomic E-state index is -3.71. The summed E-state index contributed by atoms with van der Waals surface area (Å²) in [5, 5.41) is 0. The number of primary amides is 1. The Balaban J connectivity index is 2.73. The Morgan fingerprint density at radius 1 is 1.39 bits per heavy atom. The SMILES string of the molecule is C=C1C(C)(C)Oc2ccc(C(N)=O)cc2S1(=O)=O. The summed E-state index contributed by atoms with van der Waals surface area (Å²) in [5.74, 6) is -0.485. The predicted octanol–water partition coefficient (Wildman–Crippen LogP) is 1.24. The Morgan fingerprint density at radius 2 is 2.00 bits per heavy atom. The second kappa shape index (κ2) is 3.58. The van der Waals surface area contributed by atoms with Gasteiger partial charge in [-0.1, -0.05) is 6.58 Å². The molecule has 1 aromatic rings. The fraction of sp³-hybridized carbons (Fsp3) is 0.250. The fourth-order valence-electron chi connectivity index (χ4n) is 1.74. The van der Waals surface area contributed by atoms with Gasteiger partial charge in [0.05, 0.1) is 4.91 Å². The molecule has 0 aliphatic carbocycles. The molecule has 0 saturated heterocycles. The molecule has 0 saturated carbocycles. The largest absolute Gasteiger partial charge is 0.481 e. The van der Waals surface area contributed by atoms with Crippen molar-refractivity contribution in [2.75, 3.05) is 0 Å². The summed E-state index contributed by atoms with van der Waals surface area (Å²) in [7, 11) is -3.71. The zero-order valence-electron chi connectivity index (χ0n) is 10.1. The van der Waals surface area contributed by atoms with Crippen LogP contribution in [0.15, 0.2) is 34.6 Å². The molecule has 1 heterocycles. The van der Waals surface area contributed by atoms with Crippen molar-refractivity contribution in [3.8, 4) is 5.75 Å². The van der Waals surface area contributed by atoms with Crippen molar-refractivity contribution in [2.45, 2.75) is 24.3 Å². The summed E-state index contributed by atoms with van der Waals surface area (Å²) < 4.78 is 30.1. The number of benzene rings is 1. The quantitative estimate of drug-likeness (QED) is 0.829. The van der Waals surface area contributed by atoms with Crippen molar-refractivity contribution >= 4 is 15.7 Å². The molecular formula is C12H13NO4S. The van der Waals surface area contributed by atoms with Gasteiger partial charge in [-0.3, -0.25) is 4.79 Å². The molecule has 1 aromatic carbocycles.